The van der Waals surface area contributed by atoms with Crippen LogP contribution in [0, 0.1) is 23.7 Å². The molecule has 0 radical (unpaired) electrons. The number of aliphatic hydroxyl groups excluding tert-OH is 2. The van der Waals surface area contributed by atoms with Gasteiger partial charge in [-0.15, -0.1) is 0 Å². The first-order valence-electron chi connectivity index (χ1n) is 17.3. The van der Waals surface area contributed by atoms with E-state index in [1.165, 1.54) is 19.3 Å². The molecule has 1 heterocycles. The quantitative estimate of drug-likeness (QED) is 0.164. The predicted molar refractivity (Wildman–Crippen MR) is 186 cm³/mol. The molecular weight excluding hydrogens is 609 g/mol. The molecule has 8 heteroatoms. The second-order valence-corrected chi connectivity index (χ2v) is 15.6. The number of benzene rings is 3. The van der Waals surface area contributed by atoms with Crippen molar-refractivity contribution in [1.82, 2.24) is 10.6 Å². The van der Waals surface area contributed by atoms with Crippen molar-refractivity contribution in [2.24, 2.45) is 23.7 Å². The first kappa shape index (κ1) is 32.7. The van der Waals surface area contributed by atoms with Gasteiger partial charge in [0.05, 0.1) is 25.4 Å². The highest BCUT2D eigenvalue weighted by molar-refractivity contribution is 7.99. The number of thioether (sulfide) groups is 1. The predicted octanol–water partition coefficient (Wildman–Crippen LogP) is 7.13. The summed E-state index contributed by atoms with van der Waals surface area (Å²) in [6, 6.07) is 24.6. The number of aliphatic hydroxyl groups is 2. The molecule has 4 N–H and O–H groups in total. The van der Waals surface area contributed by atoms with E-state index < -0.39 is 6.29 Å². The Balaban J connectivity index is 1.000. The first-order chi connectivity index (χ1) is 22.9. The largest absolute Gasteiger partial charge is 0.396 e. The van der Waals surface area contributed by atoms with Gasteiger partial charge in [-0.05, 0) is 90.2 Å². The van der Waals surface area contributed by atoms with E-state index in [-0.39, 0.29) is 42.9 Å². The number of ether oxygens (including phenoxy) is 2. The van der Waals surface area contributed by atoms with Crippen LogP contribution in [-0.2, 0) is 22.6 Å². The maximum atomic E-state index is 13.0. The van der Waals surface area contributed by atoms with E-state index in [1.807, 2.05) is 30.3 Å². The molecule has 4 aliphatic carbocycles. The summed E-state index contributed by atoms with van der Waals surface area (Å²) in [6.45, 7) is 2.80. The van der Waals surface area contributed by atoms with Crippen molar-refractivity contribution in [3.63, 3.8) is 0 Å². The standard InChI is InChI=1S/C39H48N2O5S/c1-25-35(24-47-14-13-42)45-37(46-36(25)32-7-5-26(23-43)6-8-32)33-11-9-31(10-12-33)34-4-2-3-27(18-34)22-40-38(44)41-39-19-28-15-29(20-39)17-30(16-28)21-39/h2-12,18,25,28-30,35-37,42-43H,13-17,19-24H2,1H3,(H2,40,41,44)/t25-,28?,29?,30?,35+,36+,37+,39?/m1/s1. The minimum absolute atomic E-state index is 0.00900. The maximum absolute atomic E-state index is 13.0. The van der Waals surface area contributed by atoms with Gasteiger partial charge in [-0.1, -0.05) is 73.7 Å². The van der Waals surface area contributed by atoms with Crippen LogP contribution in [0.2, 0.25) is 0 Å². The maximum Gasteiger partial charge on any atom is 0.315 e. The average Bonchev–Trinajstić information content (AvgIpc) is 3.08. The summed E-state index contributed by atoms with van der Waals surface area (Å²) in [5, 5.41) is 25.4. The zero-order valence-electron chi connectivity index (χ0n) is 27.3. The lowest BCUT2D eigenvalue weighted by molar-refractivity contribution is -0.268. The molecule has 250 valence electrons. The van der Waals surface area contributed by atoms with Gasteiger partial charge in [0.25, 0.3) is 0 Å². The number of hydrogen-bond acceptors (Lipinski definition) is 6. The normalized spacial score (nSPS) is 31.1. The summed E-state index contributed by atoms with van der Waals surface area (Å²) < 4.78 is 13.1. The van der Waals surface area contributed by atoms with Crippen molar-refractivity contribution in [3.05, 3.63) is 95.1 Å². The minimum atomic E-state index is -0.523. The second-order valence-electron chi connectivity index (χ2n) is 14.4. The Morgan fingerprint density at radius 2 is 1.53 bits per heavy atom. The number of amides is 2. The van der Waals surface area contributed by atoms with Crippen LogP contribution in [0.5, 0.6) is 0 Å². The Kier molecular flexibility index (Phi) is 9.94. The summed E-state index contributed by atoms with van der Waals surface area (Å²) in [5.74, 6) is 3.95. The van der Waals surface area contributed by atoms with Crippen LogP contribution in [0.25, 0.3) is 11.1 Å². The fourth-order valence-corrected chi connectivity index (χ4v) is 9.91. The van der Waals surface area contributed by atoms with Gasteiger partial charge in [-0.2, -0.15) is 11.8 Å². The molecule has 5 fully saturated rings. The molecule has 1 aliphatic heterocycles. The van der Waals surface area contributed by atoms with Crippen LogP contribution in [-0.4, -0.2) is 46.0 Å². The number of hydrogen-bond donors (Lipinski definition) is 4. The number of carbonyl (C=O) groups is 1. The molecule has 8 rings (SSSR count). The van der Waals surface area contributed by atoms with E-state index in [0.717, 1.165) is 76.1 Å². The fourth-order valence-electron chi connectivity index (χ4n) is 9.00. The highest BCUT2D eigenvalue weighted by Crippen LogP contribution is 2.55. The van der Waals surface area contributed by atoms with Gasteiger partial charge in [-0.25, -0.2) is 4.79 Å². The van der Waals surface area contributed by atoms with Gasteiger partial charge in [0.1, 0.15) is 0 Å². The van der Waals surface area contributed by atoms with Crippen LogP contribution in [0.4, 0.5) is 4.79 Å². The molecule has 3 aromatic carbocycles. The van der Waals surface area contributed by atoms with Gasteiger partial charge >= 0.3 is 6.03 Å². The lowest BCUT2D eigenvalue weighted by Crippen LogP contribution is -2.61. The van der Waals surface area contributed by atoms with E-state index in [0.29, 0.717) is 12.3 Å². The van der Waals surface area contributed by atoms with E-state index in [9.17, 15) is 15.0 Å². The smallest absolute Gasteiger partial charge is 0.315 e. The minimum Gasteiger partial charge on any atom is -0.396 e. The first-order valence-corrected chi connectivity index (χ1v) is 18.5. The Morgan fingerprint density at radius 1 is 0.851 bits per heavy atom. The lowest BCUT2D eigenvalue weighted by atomic mass is 9.53. The van der Waals surface area contributed by atoms with E-state index in [1.54, 1.807) is 11.8 Å². The van der Waals surface area contributed by atoms with Crippen molar-refractivity contribution >= 4 is 17.8 Å². The molecule has 7 nitrogen and oxygen atoms in total. The van der Waals surface area contributed by atoms with Crippen LogP contribution in [0.15, 0.2) is 72.8 Å². The third-order valence-electron chi connectivity index (χ3n) is 11.0. The Morgan fingerprint density at radius 3 is 2.19 bits per heavy atom. The Bertz CT molecular complexity index is 1480. The van der Waals surface area contributed by atoms with Crippen molar-refractivity contribution in [3.8, 4) is 11.1 Å². The van der Waals surface area contributed by atoms with Gasteiger partial charge in [0.2, 0.25) is 0 Å². The second kappa shape index (κ2) is 14.3. The number of nitrogens with one attached hydrogen (secondary N) is 2. The molecule has 4 bridgehead atoms. The fraction of sp³-hybridized carbons (Fsp3) is 0.513. The summed E-state index contributed by atoms with van der Waals surface area (Å²) in [7, 11) is 0. The third-order valence-corrected chi connectivity index (χ3v) is 12.0. The van der Waals surface area contributed by atoms with Gasteiger partial charge in [-0.3, -0.25) is 0 Å². The van der Waals surface area contributed by atoms with Gasteiger partial charge < -0.3 is 30.3 Å². The van der Waals surface area contributed by atoms with Crippen LogP contribution >= 0.6 is 11.8 Å². The molecule has 0 unspecified atom stereocenters. The van der Waals surface area contributed by atoms with Crippen molar-refractivity contribution in [1.29, 1.82) is 0 Å². The van der Waals surface area contributed by atoms with Crippen molar-refractivity contribution in [2.45, 2.75) is 82.6 Å². The SMILES string of the molecule is C[C@@H]1[C@H](CSCCO)O[C@H](c2ccc(-c3cccc(CNC(=O)NC45CC6CC(CC(C6)C4)C5)c3)cc2)O[C@@H]1c1ccc(CO)cc1. The van der Waals surface area contributed by atoms with E-state index in [2.05, 4.69) is 60.0 Å². The molecule has 4 atom stereocenters. The molecule has 2 amide bonds. The molecule has 47 heavy (non-hydrogen) atoms. The topological polar surface area (TPSA) is 100 Å². The highest BCUT2D eigenvalue weighted by atomic mass is 32.2. The summed E-state index contributed by atoms with van der Waals surface area (Å²) in [4.78, 5) is 13.0. The number of rotatable bonds is 11. The zero-order valence-corrected chi connectivity index (χ0v) is 28.1. The van der Waals surface area contributed by atoms with Gasteiger partial charge in [0, 0.05) is 35.1 Å². The van der Waals surface area contributed by atoms with Crippen LogP contribution in [0.1, 0.15) is 80.1 Å². The summed E-state index contributed by atoms with van der Waals surface area (Å²) in [5.41, 5.74) is 6.15. The highest BCUT2D eigenvalue weighted by Gasteiger charge is 2.51. The third kappa shape index (κ3) is 7.42. The summed E-state index contributed by atoms with van der Waals surface area (Å²) in [6.07, 6.45) is 6.81. The number of urea groups is 1. The molecular formula is C39H48N2O5S. The van der Waals surface area contributed by atoms with Crippen LogP contribution < -0.4 is 10.6 Å². The molecule has 0 spiro atoms. The monoisotopic (exact) mass is 656 g/mol. The molecule has 1 saturated heterocycles. The lowest BCUT2D eigenvalue weighted by Gasteiger charge is -2.56. The van der Waals surface area contributed by atoms with Crippen LogP contribution in [0.3, 0.4) is 0 Å². The molecule has 0 aromatic heterocycles. The average molecular weight is 657 g/mol. The van der Waals surface area contributed by atoms with Crippen molar-refractivity contribution in [2.75, 3.05) is 18.1 Å². The Labute approximate surface area is 282 Å². The zero-order chi connectivity index (χ0) is 32.4. The number of carbonyl (C=O) groups excluding carboxylic acids is 1. The molecule has 5 aliphatic rings. The summed E-state index contributed by atoms with van der Waals surface area (Å²) >= 11 is 1.69. The molecule has 4 saturated carbocycles. The van der Waals surface area contributed by atoms with E-state index in [4.69, 9.17) is 9.47 Å². The van der Waals surface area contributed by atoms with Crippen molar-refractivity contribution < 1.29 is 24.5 Å². The van der Waals surface area contributed by atoms with E-state index >= 15 is 0 Å². The Hall–Kier alpha value is -2.88. The molecule has 3 aromatic rings. The van der Waals surface area contributed by atoms with Gasteiger partial charge in [0.15, 0.2) is 6.29 Å².